The molecule has 0 aliphatic rings. The molecule has 428 valence electrons. The van der Waals surface area contributed by atoms with Gasteiger partial charge < -0.3 is 20.6 Å². The lowest BCUT2D eigenvalue weighted by Gasteiger charge is -2.26. The Balaban J connectivity index is 3.48. The van der Waals surface area contributed by atoms with Gasteiger partial charge in [0.05, 0.1) is 18.8 Å². The minimum Gasteiger partial charge on any atom is -0.394 e. The van der Waals surface area contributed by atoms with Crippen LogP contribution in [-0.4, -0.2) is 46.1 Å². The van der Waals surface area contributed by atoms with Crippen LogP contribution < -0.4 is 5.32 Å². The van der Waals surface area contributed by atoms with Crippen LogP contribution in [0.2, 0.25) is 0 Å². The summed E-state index contributed by atoms with van der Waals surface area (Å²) in [6, 6.07) is -0.825. The number of nitrogens with one attached hydrogen (secondary N) is 1. The lowest BCUT2D eigenvalue weighted by atomic mass is 10.0. The molecule has 1 amide bonds. The average molecular weight is 1010 g/mol. The fourth-order valence-corrected chi connectivity index (χ4v) is 10.7. The van der Waals surface area contributed by atoms with Gasteiger partial charge in [0, 0.05) is 6.42 Å². The molecule has 0 aromatic heterocycles. The van der Waals surface area contributed by atoms with E-state index < -0.39 is 18.2 Å². The normalized spacial score (nSPS) is 13.2. The van der Waals surface area contributed by atoms with Crippen molar-refractivity contribution in [3.63, 3.8) is 0 Å². The summed E-state index contributed by atoms with van der Waals surface area (Å²) in [5, 5.41) is 33.9. The maximum atomic E-state index is 12.6. The van der Waals surface area contributed by atoms with E-state index in [1.807, 2.05) is 0 Å². The van der Waals surface area contributed by atoms with Crippen molar-refractivity contribution in [2.24, 2.45) is 0 Å². The summed E-state index contributed by atoms with van der Waals surface area (Å²) in [7, 11) is 0. The van der Waals surface area contributed by atoms with Gasteiger partial charge in [-0.25, -0.2) is 0 Å². The average Bonchev–Trinajstić information content (AvgIpc) is 3.39. The van der Waals surface area contributed by atoms with E-state index >= 15 is 0 Å². The first-order valence-electron chi connectivity index (χ1n) is 33.1. The third-order valence-electron chi connectivity index (χ3n) is 15.8. The van der Waals surface area contributed by atoms with Gasteiger partial charge >= 0.3 is 0 Å². The Hall–Kier alpha value is -1.17. The first-order valence-corrected chi connectivity index (χ1v) is 33.1. The van der Waals surface area contributed by atoms with Crippen LogP contribution in [0.25, 0.3) is 0 Å². The van der Waals surface area contributed by atoms with Gasteiger partial charge in [-0.3, -0.25) is 4.79 Å². The highest BCUT2D eigenvalue weighted by molar-refractivity contribution is 5.76. The Morgan fingerprint density at radius 1 is 0.333 bits per heavy atom. The Morgan fingerprint density at radius 3 is 0.806 bits per heavy atom. The molecule has 0 spiro atoms. The number of rotatable bonds is 62. The second-order valence-corrected chi connectivity index (χ2v) is 23.0. The number of aliphatic hydroxyl groups is 3. The monoisotopic (exact) mass is 1010 g/mol. The molecule has 72 heavy (non-hydrogen) atoms. The SMILES string of the molecule is CCCCCCCCCCCCCCCC/C=C\CCCCCCCCCCCCCCCCCCCC(=O)NC(CO)C(O)C(O)CCC/C=C/CCCCCCCCCCCCCCCCCCCC. The van der Waals surface area contributed by atoms with Crippen LogP contribution in [0.5, 0.6) is 0 Å². The summed E-state index contributed by atoms with van der Waals surface area (Å²) in [5.74, 6) is -0.147. The number of carbonyl (C=O) groups excluding carboxylic acids is 1. The Kier molecular flexibility index (Phi) is 61.4. The molecule has 0 aromatic carbocycles. The maximum Gasteiger partial charge on any atom is 0.220 e. The van der Waals surface area contributed by atoms with Crippen molar-refractivity contribution in [3.05, 3.63) is 24.3 Å². The summed E-state index contributed by atoms with van der Waals surface area (Å²) in [6.45, 7) is 4.22. The molecule has 0 heterocycles. The lowest BCUT2D eigenvalue weighted by Crippen LogP contribution is -2.50. The largest absolute Gasteiger partial charge is 0.394 e. The molecule has 0 aliphatic carbocycles. The Bertz CT molecular complexity index is 1080. The Morgan fingerprint density at radius 2 is 0.556 bits per heavy atom. The molecule has 0 saturated carbocycles. The number of amides is 1. The van der Waals surface area contributed by atoms with E-state index in [2.05, 4.69) is 43.5 Å². The van der Waals surface area contributed by atoms with E-state index in [1.54, 1.807) is 0 Å². The third-order valence-corrected chi connectivity index (χ3v) is 15.8. The summed E-state index contributed by atoms with van der Waals surface area (Å²) in [6.07, 6.45) is 81.0. The predicted octanol–water partition coefficient (Wildman–Crippen LogP) is 21.2. The summed E-state index contributed by atoms with van der Waals surface area (Å²) in [5.41, 5.74) is 0. The second kappa shape index (κ2) is 62.4. The second-order valence-electron chi connectivity index (χ2n) is 23.0. The maximum absolute atomic E-state index is 12.6. The van der Waals surface area contributed by atoms with Crippen molar-refractivity contribution in [2.75, 3.05) is 6.61 Å². The van der Waals surface area contributed by atoms with E-state index in [0.717, 1.165) is 38.5 Å². The zero-order chi connectivity index (χ0) is 52.2. The van der Waals surface area contributed by atoms with E-state index in [1.165, 1.54) is 308 Å². The molecular weight excluding hydrogens is 883 g/mol. The topological polar surface area (TPSA) is 89.8 Å². The minimum atomic E-state index is -1.16. The van der Waals surface area contributed by atoms with E-state index in [9.17, 15) is 20.1 Å². The quantitative estimate of drug-likeness (QED) is 0.0361. The number of unbranched alkanes of at least 4 members (excludes halogenated alkanes) is 50. The van der Waals surface area contributed by atoms with Crippen LogP contribution in [0, 0.1) is 0 Å². The minimum absolute atomic E-state index is 0.147. The first kappa shape index (κ1) is 70.8. The van der Waals surface area contributed by atoms with Crippen molar-refractivity contribution < 1.29 is 20.1 Å². The molecule has 0 aliphatic heterocycles. The highest BCUT2D eigenvalue weighted by Crippen LogP contribution is 2.19. The van der Waals surface area contributed by atoms with Gasteiger partial charge in [0.1, 0.15) is 6.10 Å². The van der Waals surface area contributed by atoms with Gasteiger partial charge in [-0.05, 0) is 64.2 Å². The van der Waals surface area contributed by atoms with E-state index in [0.29, 0.717) is 12.8 Å². The van der Waals surface area contributed by atoms with Crippen molar-refractivity contribution in [3.8, 4) is 0 Å². The molecule has 0 aromatic rings. The van der Waals surface area contributed by atoms with Gasteiger partial charge in [0.2, 0.25) is 5.91 Å². The van der Waals surface area contributed by atoms with Crippen LogP contribution in [0.4, 0.5) is 0 Å². The molecule has 4 N–H and O–H groups in total. The number of hydrogen-bond donors (Lipinski definition) is 4. The molecule has 0 rings (SSSR count). The lowest BCUT2D eigenvalue weighted by molar-refractivity contribution is -0.124. The zero-order valence-electron chi connectivity index (χ0n) is 49.1. The third kappa shape index (κ3) is 56.6. The van der Waals surface area contributed by atoms with Crippen molar-refractivity contribution >= 4 is 5.91 Å². The van der Waals surface area contributed by atoms with Crippen LogP contribution in [-0.2, 0) is 4.79 Å². The molecule has 5 nitrogen and oxygen atoms in total. The van der Waals surface area contributed by atoms with Gasteiger partial charge in [-0.2, -0.15) is 0 Å². The van der Waals surface area contributed by atoms with Crippen LogP contribution in [0.3, 0.4) is 0 Å². The van der Waals surface area contributed by atoms with Crippen molar-refractivity contribution in [2.45, 2.75) is 392 Å². The summed E-state index contributed by atoms with van der Waals surface area (Å²) >= 11 is 0. The molecule has 3 atom stereocenters. The molecule has 0 fully saturated rings. The van der Waals surface area contributed by atoms with Gasteiger partial charge in [0.25, 0.3) is 0 Å². The molecule has 0 saturated heterocycles. The molecule has 0 bridgehead atoms. The highest BCUT2D eigenvalue weighted by atomic mass is 16.3. The predicted molar refractivity (Wildman–Crippen MR) is 319 cm³/mol. The van der Waals surface area contributed by atoms with Crippen LogP contribution >= 0.6 is 0 Å². The smallest absolute Gasteiger partial charge is 0.220 e. The van der Waals surface area contributed by atoms with E-state index in [4.69, 9.17) is 0 Å². The zero-order valence-corrected chi connectivity index (χ0v) is 49.1. The number of aliphatic hydroxyl groups excluding tert-OH is 3. The fraction of sp³-hybridized carbons (Fsp3) is 0.925. The molecular formula is C67H131NO4. The number of hydrogen-bond acceptors (Lipinski definition) is 4. The molecule has 5 heteroatoms. The van der Waals surface area contributed by atoms with Crippen LogP contribution in [0.1, 0.15) is 373 Å². The standard InChI is InChI=1S/C67H131NO4/c1-3-5-7-9-11-13-15-17-19-21-23-25-27-28-29-30-31-32-33-34-35-36-37-38-40-42-44-46-48-50-52-54-56-58-60-62-66(71)68-64(63-69)67(72)65(70)61-59-57-55-53-51-49-47-45-43-41-39-26-24-22-20-18-16-14-12-10-8-6-4-2/h30-31,53,55,64-65,67,69-70,72H,3-29,32-52,54,56-63H2,1-2H3,(H,68,71)/b31-30-,55-53+. The summed E-state index contributed by atoms with van der Waals surface area (Å²) in [4.78, 5) is 12.6. The van der Waals surface area contributed by atoms with Crippen molar-refractivity contribution in [1.82, 2.24) is 5.32 Å². The van der Waals surface area contributed by atoms with Gasteiger partial charge in [-0.15, -0.1) is 0 Å². The first-order chi connectivity index (χ1) is 35.6. The summed E-state index contributed by atoms with van der Waals surface area (Å²) < 4.78 is 0. The fourth-order valence-electron chi connectivity index (χ4n) is 10.7. The van der Waals surface area contributed by atoms with E-state index in [-0.39, 0.29) is 12.5 Å². The number of carbonyl (C=O) groups is 1. The number of allylic oxidation sites excluding steroid dienone is 4. The highest BCUT2D eigenvalue weighted by Gasteiger charge is 2.26. The Labute approximate surface area is 452 Å². The molecule has 0 radical (unpaired) electrons. The van der Waals surface area contributed by atoms with Crippen molar-refractivity contribution in [1.29, 1.82) is 0 Å². The van der Waals surface area contributed by atoms with Crippen LogP contribution in [0.15, 0.2) is 24.3 Å². The van der Waals surface area contributed by atoms with Gasteiger partial charge in [0.15, 0.2) is 0 Å². The van der Waals surface area contributed by atoms with Gasteiger partial charge in [-0.1, -0.05) is 327 Å². The molecule has 3 unspecified atom stereocenters.